The van der Waals surface area contributed by atoms with Crippen LogP contribution in [-0.4, -0.2) is 20.1 Å². The second kappa shape index (κ2) is 4.01. The van der Waals surface area contributed by atoms with E-state index in [1.165, 1.54) is 0 Å². The van der Waals surface area contributed by atoms with E-state index >= 15 is 0 Å². The van der Waals surface area contributed by atoms with Crippen molar-refractivity contribution >= 4 is 6.21 Å². The second-order valence-corrected chi connectivity index (χ2v) is 3.13. The number of hydrogen-bond donors (Lipinski definition) is 0. The Labute approximate surface area is 87.8 Å². The summed E-state index contributed by atoms with van der Waals surface area (Å²) in [5, 5.41) is 8.69. The Morgan fingerprint density at radius 3 is 2.87 bits per heavy atom. The van der Waals surface area contributed by atoms with E-state index in [4.69, 9.17) is 14.7 Å². The first-order chi connectivity index (χ1) is 7.35. The summed E-state index contributed by atoms with van der Waals surface area (Å²) in [5.74, 6) is 1.42. The van der Waals surface area contributed by atoms with Gasteiger partial charge < -0.3 is 9.47 Å². The second-order valence-electron chi connectivity index (χ2n) is 3.13. The number of fused-ring (bicyclic) bond motifs is 1. The largest absolute Gasteiger partial charge is 0.454 e. The Hall–Kier alpha value is -2.02. The Balaban J connectivity index is 2.47. The molecule has 1 aliphatic heterocycles. The molecule has 0 saturated carbocycles. The lowest BCUT2D eigenvalue weighted by Gasteiger charge is -2.03. The van der Waals surface area contributed by atoms with Gasteiger partial charge in [0.05, 0.1) is 12.5 Å². The average molecular weight is 202 g/mol. The van der Waals surface area contributed by atoms with Crippen LogP contribution in [0.25, 0.3) is 0 Å². The quantitative estimate of drug-likeness (QED) is 0.683. The summed E-state index contributed by atoms with van der Waals surface area (Å²) in [5.41, 5.74) is 1.82. The van der Waals surface area contributed by atoms with Gasteiger partial charge >= 0.3 is 0 Å². The molecule has 1 aromatic carbocycles. The minimum Gasteiger partial charge on any atom is -0.454 e. The van der Waals surface area contributed by atoms with Gasteiger partial charge in [0.1, 0.15) is 0 Å². The van der Waals surface area contributed by atoms with Crippen molar-refractivity contribution in [1.29, 1.82) is 5.26 Å². The molecular weight excluding hydrogens is 192 g/mol. The van der Waals surface area contributed by atoms with Crippen LogP contribution < -0.4 is 9.47 Å². The van der Waals surface area contributed by atoms with E-state index in [2.05, 4.69) is 11.1 Å². The number of ether oxygens (including phenoxy) is 2. The third-order valence-electron chi connectivity index (χ3n) is 2.17. The molecule has 4 nitrogen and oxygen atoms in total. The molecule has 1 aromatic rings. The van der Waals surface area contributed by atoms with Crippen LogP contribution in [0.3, 0.4) is 0 Å². The van der Waals surface area contributed by atoms with E-state index in [1.807, 2.05) is 12.1 Å². The first-order valence-electron chi connectivity index (χ1n) is 4.57. The van der Waals surface area contributed by atoms with Crippen molar-refractivity contribution in [3.8, 4) is 17.6 Å². The summed E-state index contributed by atoms with van der Waals surface area (Å²) in [6.45, 7) is 0.244. The maximum Gasteiger partial charge on any atom is 0.231 e. The minimum absolute atomic E-state index is 0.244. The SMILES string of the molecule is CN=Cc1cc2c(cc1CC#N)OCO2. The molecule has 4 heteroatoms. The first kappa shape index (κ1) is 9.53. The molecule has 0 fully saturated rings. The van der Waals surface area contributed by atoms with E-state index in [9.17, 15) is 0 Å². The molecule has 1 aliphatic rings. The molecule has 0 saturated heterocycles. The monoisotopic (exact) mass is 202 g/mol. The number of nitriles is 1. The standard InChI is InChI=1S/C11H10N2O2/c1-13-6-9-5-11-10(14-7-15-11)4-8(9)2-3-12/h4-6H,2,7H2,1H3. The highest BCUT2D eigenvalue weighted by molar-refractivity contribution is 5.83. The van der Waals surface area contributed by atoms with E-state index < -0.39 is 0 Å². The maximum atomic E-state index is 8.69. The van der Waals surface area contributed by atoms with Gasteiger partial charge in [-0.15, -0.1) is 0 Å². The lowest BCUT2D eigenvalue weighted by atomic mass is 10.0. The molecule has 0 amide bonds. The van der Waals surface area contributed by atoms with Crippen LogP contribution in [0, 0.1) is 11.3 Å². The van der Waals surface area contributed by atoms with Crippen LogP contribution in [0.2, 0.25) is 0 Å². The van der Waals surface area contributed by atoms with Gasteiger partial charge in [0.15, 0.2) is 11.5 Å². The van der Waals surface area contributed by atoms with E-state index in [0.717, 1.165) is 11.1 Å². The van der Waals surface area contributed by atoms with E-state index in [0.29, 0.717) is 17.9 Å². The molecule has 0 aliphatic carbocycles. The molecule has 2 rings (SSSR count). The highest BCUT2D eigenvalue weighted by Gasteiger charge is 2.16. The highest BCUT2D eigenvalue weighted by Crippen LogP contribution is 2.34. The lowest BCUT2D eigenvalue weighted by molar-refractivity contribution is 0.174. The number of rotatable bonds is 2. The van der Waals surface area contributed by atoms with Gasteiger partial charge in [-0.05, 0) is 17.7 Å². The molecular formula is C11H10N2O2. The predicted octanol–water partition coefficient (Wildman–Crippen LogP) is 1.53. The van der Waals surface area contributed by atoms with Crippen molar-refractivity contribution in [2.75, 3.05) is 13.8 Å². The van der Waals surface area contributed by atoms with Crippen LogP contribution in [0.5, 0.6) is 11.5 Å². The fraction of sp³-hybridized carbons (Fsp3) is 0.273. The molecule has 15 heavy (non-hydrogen) atoms. The van der Waals surface area contributed by atoms with Gasteiger partial charge in [-0.2, -0.15) is 5.26 Å². The van der Waals surface area contributed by atoms with Gasteiger partial charge in [0.25, 0.3) is 0 Å². The van der Waals surface area contributed by atoms with Crippen LogP contribution in [0.15, 0.2) is 17.1 Å². The molecule has 0 atom stereocenters. The van der Waals surface area contributed by atoms with Crippen molar-refractivity contribution in [2.45, 2.75) is 6.42 Å². The zero-order valence-corrected chi connectivity index (χ0v) is 8.36. The zero-order chi connectivity index (χ0) is 10.7. The fourth-order valence-corrected chi connectivity index (χ4v) is 1.50. The van der Waals surface area contributed by atoms with E-state index in [-0.39, 0.29) is 6.79 Å². The molecule has 0 bridgehead atoms. The first-order valence-corrected chi connectivity index (χ1v) is 4.57. The summed E-state index contributed by atoms with van der Waals surface area (Å²) >= 11 is 0. The van der Waals surface area contributed by atoms with Crippen LogP contribution in [0.1, 0.15) is 11.1 Å². The summed E-state index contributed by atoms with van der Waals surface area (Å²) in [6.07, 6.45) is 2.06. The molecule has 76 valence electrons. The number of benzene rings is 1. The van der Waals surface area contributed by atoms with Crippen molar-refractivity contribution < 1.29 is 9.47 Å². The molecule has 0 N–H and O–H groups in total. The molecule has 1 heterocycles. The Morgan fingerprint density at radius 2 is 2.20 bits per heavy atom. The predicted molar refractivity (Wildman–Crippen MR) is 55.4 cm³/mol. The van der Waals surface area contributed by atoms with Gasteiger partial charge in [-0.1, -0.05) is 0 Å². The van der Waals surface area contributed by atoms with Crippen LogP contribution in [-0.2, 0) is 6.42 Å². The smallest absolute Gasteiger partial charge is 0.231 e. The van der Waals surface area contributed by atoms with Gasteiger partial charge in [0, 0.05) is 18.8 Å². The topological polar surface area (TPSA) is 54.6 Å². The molecule has 0 spiro atoms. The molecule has 0 radical (unpaired) electrons. The third-order valence-corrected chi connectivity index (χ3v) is 2.17. The third kappa shape index (κ3) is 1.77. The molecule has 0 unspecified atom stereocenters. The van der Waals surface area contributed by atoms with Crippen molar-refractivity contribution in [3.63, 3.8) is 0 Å². The van der Waals surface area contributed by atoms with Crippen molar-refractivity contribution in [1.82, 2.24) is 0 Å². The summed E-state index contributed by atoms with van der Waals surface area (Å²) in [6, 6.07) is 5.80. The van der Waals surface area contributed by atoms with Gasteiger partial charge in [-0.25, -0.2) is 0 Å². The Kier molecular flexibility index (Phi) is 2.55. The van der Waals surface area contributed by atoms with E-state index in [1.54, 1.807) is 13.3 Å². The van der Waals surface area contributed by atoms with Crippen molar-refractivity contribution in [3.05, 3.63) is 23.3 Å². The summed E-state index contributed by atoms with van der Waals surface area (Å²) < 4.78 is 10.5. The normalized spacial score (nSPS) is 13.1. The maximum absolute atomic E-state index is 8.69. The fourth-order valence-electron chi connectivity index (χ4n) is 1.50. The number of hydrogen-bond acceptors (Lipinski definition) is 4. The number of nitrogens with zero attached hydrogens (tertiary/aromatic N) is 2. The van der Waals surface area contributed by atoms with Crippen molar-refractivity contribution in [2.24, 2.45) is 4.99 Å². The molecule has 0 aromatic heterocycles. The number of aliphatic imine (C=N–C) groups is 1. The van der Waals surface area contributed by atoms with Crippen LogP contribution in [0.4, 0.5) is 0 Å². The Morgan fingerprint density at radius 1 is 1.47 bits per heavy atom. The summed E-state index contributed by atoms with van der Waals surface area (Å²) in [7, 11) is 1.70. The highest BCUT2D eigenvalue weighted by atomic mass is 16.7. The zero-order valence-electron chi connectivity index (χ0n) is 8.36. The van der Waals surface area contributed by atoms with Gasteiger partial charge in [-0.3, -0.25) is 4.99 Å². The Bertz CT molecular complexity index is 447. The van der Waals surface area contributed by atoms with Gasteiger partial charge in [0.2, 0.25) is 6.79 Å². The average Bonchev–Trinajstić information content (AvgIpc) is 2.66. The minimum atomic E-state index is 0.244. The lowest BCUT2D eigenvalue weighted by Crippen LogP contribution is -1.92. The van der Waals surface area contributed by atoms with Crippen LogP contribution >= 0.6 is 0 Å². The summed E-state index contributed by atoms with van der Waals surface area (Å²) in [4.78, 5) is 3.94.